The smallest absolute Gasteiger partial charge is 0.212 e. The van der Waals surface area contributed by atoms with Gasteiger partial charge in [-0.3, -0.25) is 0 Å². The lowest BCUT2D eigenvalue weighted by atomic mass is 10.1. The number of hydrogen-bond donors (Lipinski definition) is 1. The van der Waals surface area contributed by atoms with E-state index in [0.717, 1.165) is 12.2 Å². The summed E-state index contributed by atoms with van der Waals surface area (Å²) in [5.41, 5.74) is 6.68. The number of aromatic nitrogens is 4. The zero-order valence-corrected chi connectivity index (χ0v) is 9.71. The molecule has 0 radical (unpaired) electrons. The van der Waals surface area contributed by atoms with Gasteiger partial charge in [-0.15, -0.1) is 10.2 Å². The second kappa shape index (κ2) is 5.40. The normalized spacial score (nSPS) is 10.5. The summed E-state index contributed by atoms with van der Waals surface area (Å²) in [6.07, 6.45) is 0.881. The third-order valence-electron chi connectivity index (χ3n) is 2.27. The van der Waals surface area contributed by atoms with Crippen LogP contribution in [0.4, 0.5) is 0 Å². The molecular weight excluding hydrogens is 218 g/mol. The number of rotatable bonds is 5. The topological polar surface area (TPSA) is 78.8 Å². The van der Waals surface area contributed by atoms with Crippen molar-refractivity contribution in [1.82, 2.24) is 20.2 Å². The van der Waals surface area contributed by atoms with E-state index in [2.05, 4.69) is 15.4 Å². The standard InChI is InChI=1S/C11H15N5O/c1-16-14-11(13-15-16)8-17-10-4-2-9(3-5-10)6-7-12/h2-5H,6-8,12H2,1H3. The first-order chi connectivity index (χ1) is 8.28. The van der Waals surface area contributed by atoms with E-state index in [1.165, 1.54) is 10.4 Å². The van der Waals surface area contributed by atoms with Crippen LogP contribution in [-0.4, -0.2) is 26.8 Å². The Morgan fingerprint density at radius 3 is 2.65 bits per heavy atom. The summed E-state index contributed by atoms with van der Waals surface area (Å²) in [6.45, 7) is 0.980. The van der Waals surface area contributed by atoms with Crippen molar-refractivity contribution in [3.8, 4) is 5.75 Å². The van der Waals surface area contributed by atoms with Crippen LogP contribution >= 0.6 is 0 Å². The lowest BCUT2D eigenvalue weighted by Crippen LogP contribution is -2.02. The van der Waals surface area contributed by atoms with Crippen LogP contribution in [0.2, 0.25) is 0 Å². The summed E-state index contributed by atoms with van der Waals surface area (Å²) >= 11 is 0. The van der Waals surface area contributed by atoms with Gasteiger partial charge < -0.3 is 10.5 Å². The predicted octanol–water partition coefficient (Wildman–Crippen LogP) is 0.290. The molecule has 0 fully saturated rings. The quantitative estimate of drug-likeness (QED) is 0.803. The van der Waals surface area contributed by atoms with E-state index in [0.29, 0.717) is 19.0 Å². The van der Waals surface area contributed by atoms with Crippen molar-refractivity contribution in [2.24, 2.45) is 12.8 Å². The molecule has 0 amide bonds. The van der Waals surface area contributed by atoms with Crippen molar-refractivity contribution < 1.29 is 4.74 Å². The van der Waals surface area contributed by atoms with Gasteiger partial charge in [-0.2, -0.15) is 4.80 Å². The zero-order chi connectivity index (χ0) is 12.1. The van der Waals surface area contributed by atoms with Crippen LogP contribution in [0.3, 0.4) is 0 Å². The first-order valence-electron chi connectivity index (χ1n) is 5.42. The van der Waals surface area contributed by atoms with Crippen molar-refractivity contribution in [2.75, 3.05) is 6.54 Å². The molecular formula is C11H15N5O. The van der Waals surface area contributed by atoms with Gasteiger partial charge in [-0.05, 0) is 35.9 Å². The molecule has 0 aliphatic heterocycles. The van der Waals surface area contributed by atoms with Crippen LogP contribution in [-0.2, 0) is 20.1 Å². The number of aryl methyl sites for hydroxylation is 1. The summed E-state index contributed by atoms with van der Waals surface area (Å²) in [4.78, 5) is 1.41. The van der Waals surface area contributed by atoms with Crippen molar-refractivity contribution in [2.45, 2.75) is 13.0 Å². The van der Waals surface area contributed by atoms with Crippen molar-refractivity contribution in [1.29, 1.82) is 0 Å². The minimum atomic E-state index is 0.323. The summed E-state index contributed by atoms with van der Waals surface area (Å²) in [5.74, 6) is 1.36. The fourth-order valence-corrected chi connectivity index (χ4v) is 1.45. The summed E-state index contributed by atoms with van der Waals surface area (Å²) in [6, 6.07) is 7.85. The fraction of sp³-hybridized carbons (Fsp3) is 0.364. The molecule has 1 aromatic heterocycles. The third kappa shape index (κ3) is 3.25. The molecule has 0 aliphatic carbocycles. The minimum absolute atomic E-state index is 0.323. The Bertz CT molecular complexity index is 465. The molecule has 0 atom stereocenters. The summed E-state index contributed by atoms with van der Waals surface area (Å²) in [7, 11) is 1.72. The average Bonchev–Trinajstić information content (AvgIpc) is 2.75. The molecule has 6 nitrogen and oxygen atoms in total. The minimum Gasteiger partial charge on any atom is -0.485 e. The van der Waals surface area contributed by atoms with Crippen LogP contribution < -0.4 is 10.5 Å². The Balaban J connectivity index is 1.90. The monoisotopic (exact) mass is 233 g/mol. The largest absolute Gasteiger partial charge is 0.485 e. The van der Waals surface area contributed by atoms with E-state index < -0.39 is 0 Å². The van der Waals surface area contributed by atoms with Gasteiger partial charge >= 0.3 is 0 Å². The summed E-state index contributed by atoms with van der Waals surface area (Å²) in [5, 5.41) is 11.6. The lowest BCUT2D eigenvalue weighted by molar-refractivity contribution is 0.295. The molecule has 17 heavy (non-hydrogen) atoms. The van der Waals surface area contributed by atoms with E-state index in [9.17, 15) is 0 Å². The molecule has 1 aromatic carbocycles. The highest BCUT2D eigenvalue weighted by Crippen LogP contribution is 2.13. The number of nitrogens with two attached hydrogens (primary N) is 1. The molecule has 0 saturated carbocycles. The molecule has 1 heterocycles. The number of nitrogens with zero attached hydrogens (tertiary/aromatic N) is 4. The third-order valence-corrected chi connectivity index (χ3v) is 2.27. The predicted molar refractivity (Wildman–Crippen MR) is 62.3 cm³/mol. The van der Waals surface area contributed by atoms with Gasteiger partial charge in [0.05, 0.1) is 7.05 Å². The Morgan fingerprint density at radius 2 is 2.06 bits per heavy atom. The number of benzene rings is 1. The molecule has 0 spiro atoms. The van der Waals surface area contributed by atoms with Gasteiger partial charge in [0.25, 0.3) is 0 Å². The Morgan fingerprint density at radius 1 is 1.29 bits per heavy atom. The van der Waals surface area contributed by atoms with Gasteiger partial charge in [0.1, 0.15) is 5.75 Å². The molecule has 90 valence electrons. The van der Waals surface area contributed by atoms with Gasteiger partial charge in [-0.25, -0.2) is 0 Å². The SMILES string of the molecule is Cn1nnc(COc2ccc(CCN)cc2)n1. The molecule has 2 rings (SSSR count). The first kappa shape index (κ1) is 11.5. The van der Waals surface area contributed by atoms with E-state index >= 15 is 0 Å². The Kier molecular flexibility index (Phi) is 3.66. The van der Waals surface area contributed by atoms with Gasteiger partial charge in [0.15, 0.2) is 6.61 Å². The van der Waals surface area contributed by atoms with E-state index in [-0.39, 0.29) is 0 Å². The number of tetrazole rings is 1. The second-order valence-electron chi connectivity index (χ2n) is 3.67. The molecule has 0 saturated heterocycles. The molecule has 0 unspecified atom stereocenters. The number of ether oxygens (including phenoxy) is 1. The Hall–Kier alpha value is -1.95. The number of hydrogen-bond acceptors (Lipinski definition) is 5. The van der Waals surface area contributed by atoms with Gasteiger partial charge in [-0.1, -0.05) is 12.1 Å². The maximum absolute atomic E-state index is 5.53. The molecule has 2 N–H and O–H groups in total. The fourth-order valence-electron chi connectivity index (χ4n) is 1.45. The molecule has 0 aliphatic rings. The van der Waals surface area contributed by atoms with Crippen molar-refractivity contribution in [3.05, 3.63) is 35.7 Å². The van der Waals surface area contributed by atoms with E-state index in [1.807, 2.05) is 24.3 Å². The highest BCUT2D eigenvalue weighted by atomic mass is 16.5. The lowest BCUT2D eigenvalue weighted by Gasteiger charge is -2.04. The van der Waals surface area contributed by atoms with Crippen LogP contribution in [0, 0.1) is 0 Å². The van der Waals surface area contributed by atoms with Crippen LogP contribution in [0.5, 0.6) is 5.75 Å². The highest BCUT2D eigenvalue weighted by Gasteiger charge is 2.01. The summed E-state index contributed by atoms with van der Waals surface area (Å²) < 4.78 is 5.53. The second-order valence-corrected chi connectivity index (χ2v) is 3.67. The first-order valence-corrected chi connectivity index (χ1v) is 5.42. The van der Waals surface area contributed by atoms with Crippen LogP contribution in [0.25, 0.3) is 0 Å². The van der Waals surface area contributed by atoms with Gasteiger partial charge in [0.2, 0.25) is 5.82 Å². The van der Waals surface area contributed by atoms with E-state index in [4.69, 9.17) is 10.5 Å². The molecule has 6 heteroatoms. The Labute approximate surface area is 99.4 Å². The molecule has 2 aromatic rings. The van der Waals surface area contributed by atoms with Crippen LogP contribution in [0.1, 0.15) is 11.4 Å². The highest BCUT2D eigenvalue weighted by molar-refractivity contribution is 5.27. The maximum atomic E-state index is 5.53. The zero-order valence-electron chi connectivity index (χ0n) is 9.71. The van der Waals surface area contributed by atoms with E-state index in [1.54, 1.807) is 7.05 Å². The van der Waals surface area contributed by atoms with Gasteiger partial charge in [0, 0.05) is 0 Å². The average molecular weight is 233 g/mol. The van der Waals surface area contributed by atoms with Crippen LogP contribution in [0.15, 0.2) is 24.3 Å². The van der Waals surface area contributed by atoms with Crippen molar-refractivity contribution >= 4 is 0 Å². The molecule has 0 bridgehead atoms. The maximum Gasteiger partial charge on any atom is 0.212 e. The van der Waals surface area contributed by atoms with Crippen molar-refractivity contribution in [3.63, 3.8) is 0 Å².